The van der Waals surface area contributed by atoms with Gasteiger partial charge in [0.1, 0.15) is 0 Å². The Hall–Kier alpha value is -2.39. The van der Waals surface area contributed by atoms with Gasteiger partial charge in [-0.3, -0.25) is 0 Å². The van der Waals surface area contributed by atoms with Crippen molar-refractivity contribution in [2.45, 2.75) is 56.5 Å². The lowest BCUT2D eigenvalue weighted by molar-refractivity contribution is -0.0593. The van der Waals surface area contributed by atoms with E-state index in [0.29, 0.717) is 24.3 Å². The van der Waals surface area contributed by atoms with Gasteiger partial charge in [-0.05, 0) is 57.1 Å². The van der Waals surface area contributed by atoms with Crippen molar-refractivity contribution in [2.24, 2.45) is 0 Å². The highest BCUT2D eigenvalue weighted by Gasteiger charge is 2.49. The fourth-order valence-electron chi connectivity index (χ4n) is 3.99. The van der Waals surface area contributed by atoms with Crippen LogP contribution in [0.15, 0.2) is 18.3 Å². The maximum absolute atomic E-state index is 11.7. The molecule has 1 atom stereocenters. The number of carboxylic acid groups (broad SMARTS) is 1. The molecule has 1 saturated carbocycles. The van der Waals surface area contributed by atoms with E-state index in [1.54, 1.807) is 4.52 Å². The van der Waals surface area contributed by atoms with Crippen LogP contribution < -0.4 is 0 Å². The molecule has 0 radical (unpaired) electrons. The summed E-state index contributed by atoms with van der Waals surface area (Å²) in [5.74, 6) is -0.714. The van der Waals surface area contributed by atoms with Gasteiger partial charge in [-0.15, -0.1) is 0 Å². The molecule has 3 heterocycles. The zero-order valence-corrected chi connectivity index (χ0v) is 14.5. The average molecular weight is 339 g/mol. The van der Waals surface area contributed by atoms with E-state index in [4.69, 9.17) is 4.74 Å². The molecule has 2 fully saturated rings. The number of hydrogen-bond donors (Lipinski definition) is 1. The summed E-state index contributed by atoms with van der Waals surface area (Å²) in [7, 11) is 0. The largest absolute Gasteiger partial charge is 0.476 e. The van der Waals surface area contributed by atoms with Gasteiger partial charge in [-0.25, -0.2) is 9.31 Å². The third-order valence-electron chi connectivity index (χ3n) is 5.47. The van der Waals surface area contributed by atoms with Crippen molar-refractivity contribution in [3.8, 4) is 6.07 Å². The van der Waals surface area contributed by atoms with Gasteiger partial charge in [0.15, 0.2) is 5.69 Å². The number of fused-ring (bicyclic) bond motifs is 1. The number of pyridine rings is 1. The number of ether oxygens (including phenoxy) is 1. The Morgan fingerprint density at radius 1 is 1.44 bits per heavy atom. The molecule has 1 aliphatic heterocycles. The van der Waals surface area contributed by atoms with Gasteiger partial charge < -0.3 is 9.84 Å². The first-order chi connectivity index (χ1) is 11.9. The number of nitriles is 1. The first kappa shape index (κ1) is 16.1. The number of aromatic carboxylic acids is 1. The molecule has 1 saturated heterocycles. The van der Waals surface area contributed by atoms with E-state index in [-0.39, 0.29) is 11.3 Å². The van der Waals surface area contributed by atoms with Crippen molar-refractivity contribution < 1.29 is 14.6 Å². The summed E-state index contributed by atoms with van der Waals surface area (Å²) < 4.78 is 7.44. The minimum Gasteiger partial charge on any atom is -0.476 e. The smallest absolute Gasteiger partial charge is 0.356 e. The second kappa shape index (κ2) is 5.30. The van der Waals surface area contributed by atoms with Crippen molar-refractivity contribution in [3.05, 3.63) is 35.2 Å². The predicted molar refractivity (Wildman–Crippen MR) is 90.7 cm³/mol. The monoisotopic (exact) mass is 339 g/mol. The summed E-state index contributed by atoms with van der Waals surface area (Å²) in [5, 5.41) is 23.3. The number of nitrogens with zero attached hydrogens (tertiary/aromatic N) is 3. The van der Waals surface area contributed by atoms with Gasteiger partial charge in [0.2, 0.25) is 0 Å². The quantitative estimate of drug-likeness (QED) is 0.927. The fraction of sp³-hybridized carbons (Fsp3) is 0.526. The van der Waals surface area contributed by atoms with E-state index >= 15 is 0 Å². The third kappa shape index (κ3) is 2.59. The predicted octanol–water partition coefficient (Wildman–Crippen LogP) is 3.26. The van der Waals surface area contributed by atoms with Gasteiger partial charge in [0.05, 0.1) is 22.6 Å². The van der Waals surface area contributed by atoms with Crippen LogP contribution in [0.4, 0.5) is 0 Å². The number of hydrogen-bond acceptors (Lipinski definition) is 4. The van der Waals surface area contributed by atoms with Crippen LogP contribution in [-0.2, 0) is 10.2 Å². The molecule has 4 rings (SSSR count). The Morgan fingerprint density at radius 2 is 2.20 bits per heavy atom. The van der Waals surface area contributed by atoms with Gasteiger partial charge in [0, 0.05) is 18.4 Å². The molecular formula is C19H21N3O3. The second-order valence-electron chi connectivity index (χ2n) is 7.81. The van der Waals surface area contributed by atoms with E-state index in [1.807, 2.05) is 18.3 Å². The van der Waals surface area contributed by atoms with Crippen molar-refractivity contribution >= 4 is 11.5 Å². The second-order valence-corrected chi connectivity index (χ2v) is 7.81. The van der Waals surface area contributed by atoms with Crippen LogP contribution in [0.5, 0.6) is 0 Å². The molecule has 0 amide bonds. The molecule has 130 valence electrons. The summed E-state index contributed by atoms with van der Waals surface area (Å²) in [6.45, 7) is 4.91. The highest BCUT2D eigenvalue weighted by atomic mass is 16.5. The van der Waals surface area contributed by atoms with Crippen LogP contribution >= 0.6 is 0 Å². The number of rotatable bonds is 3. The first-order valence-corrected chi connectivity index (χ1v) is 8.66. The standard InChI is InChI=1S/C19H21N3O3/c1-18(2)9-12(5-8-25-18)13-3-4-14-15(19(11-20)6-7-19)16(17(23)24)21-22(14)10-13/h3-4,10,12H,5-9H2,1-2H3,(H,23,24)/t12-/m0/s1. The minimum atomic E-state index is -1.08. The molecule has 2 aromatic rings. The van der Waals surface area contributed by atoms with Gasteiger partial charge in [-0.1, -0.05) is 6.07 Å². The fourth-order valence-corrected chi connectivity index (χ4v) is 3.99. The molecule has 6 heteroatoms. The minimum absolute atomic E-state index is 0.00325. The van der Waals surface area contributed by atoms with Gasteiger partial charge >= 0.3 is 5.97 Å². The zero-order chi connectivity index (χ0) is 17.8. The molecule has 0 unspecified atom stereocenters. The summed E-state index contributed by atoms with van der Waals surface area (Å²) in [4.78, 5) is 11.7. The number of carboxylic acids is 1. The molecule has 0 spiro atoms. The molecular weight excluding hydrogens is 318 g/mol. The molecule has 6 nitrogen and oxygen atoms in total. The van der Waals surface area contributed by atoms with E-state index < -0.39 is 11.4 Å². The summed E-state index contributed by atoms with van der Waals surface area (Å²) in [6, 6.07) is 6.27. The van der Waals surface area contributed by atoms with Crippen molar-refractivity contribution in [1.82, 2.24) is 9.61 Å². The molecule has 2 aromatic heterocycles. The maximum Gasteiger partial charge on any atom is 0.356 e. The number of carbonyl (C=O) groups is 1. The molecule has 0 bridgehead atoms. The van der Waals surface area contributed by atoms with Crippen LogP contribution in [0.3, 0.4) is 0 Å². The SMILES string of the molecule is CC1(C)C[C@@H](c2ccc3c(C4(C#N)CC4)c(C(=O)O)nn3c2)CCO1. The lowest BCUT2D eigenvalue weighted by Crippen LogP contribution is -2.33. The van der Waals surface area contributed by atoms with E-state index in [0.717, 1.165) is 30.5 Å². The Labute approximate surface area is 146 Å². The van der Waals surface area contributed by atoms with Crippen LogP contribution in [-0.4, -0.2) is 32.9 Å². The normalized spacial score (nSPS) is 24.0. The maximum atomic E-state index is 11.7. The van der Waals surface area contributed by atoms with Gasteiger partial charge in [0.25, 0.3) is 0 Å². The van der Waals surface area contributed by atoms with E-state index in [1.165, 1.54) is 0 Å². The zero-order valence-electron chi connectivity index (χ0n) is 14.5. The Balaban J connectivity index is 1.80. The molecule has 1 N–H and O–H groups in total. The average Bonchev–Trinajstić information content (AvgIpc) is 3.26. The molecule has 1 aliphatic carbocycles. The van der Waals surface area contributed by atoms with Crippen LogP contribution in [0.1, 0.15) is 67.1 Å². The van der Waals surface area contributed by atoms with E-state index in [9.17, 15) is 15.2 Å². The molecule has 0 aromatic carbocycles. The molecule has 25 heavy (non-hydrogen) atoms. The van der Waals surface area contributed by atoms with Crippen molar-refractivity contribution in [1.29, 1.82) is 5.26 Å². The Kier molecular flexibility index (Phi) is 3.41. The van der Waals surface area contributed by atoms with Crippen LogP contribution in [0, 0.1) is 11.3 Å². The third-order valence-corrected chi connectivity index (χ3v) is 5.47. The lowest BCUT2D eigenvalue weighted by atomic mass is 9.84. The van der Waals surface area contributed by atoms with Crippen molar-refractivity contribution in [3.63, 3.8) is 0 Å². The lowest BCUT2D eigenvalue weighted by Gasteiger charge is -2.35. The summed E-state index contributed by atoms with van der Waals surface area (Å²) in [5.41, 5.74) is 1.60. The first-order valence-electron chi connectivity index (χ1n) is 8.66. The van der Waals surface area contributed by atoms with Gasteiger partial charge in [-0.2, -0.15) is 10.4 Å². The summed E-state index contributed by atoms with van der Waals surface area (Å²) >= 11 is 0. The Morgan fingerprint density at radius 3 is 2.80 bits per heavy atom. The van der Waals surface area contributed by atoms with Crippen LogP contribution in [0.2, 0.25) is 0 Å². The Bertz CT molecular complexity index is 903. The topological polar surface area (TPSA) is 87.6 Å². The van der Waals surface area contributed by atoms with Crippen molar-refractivity contribution in [2.75, 3.05) is 6.61 Å². The van der Waals surface area contributed by atoms with Crippen LogP contribution in [0.25, 0.3) is 5.52 Å². The molecule has 2 aliphatic rings. The highest BCUT2D eigenvalue weighted by Crippen LogP contribution is 2.50. The highest BCUT2D eigenvalue weighted by molar-refractivity contribution is 5.91. The summed E-state index contributed by atoms with van der Waals surface area (Å²) in [6.07, 6.45) is 5.17. The number of aromatic nitrogens is 2. The van der Waals surface area contributed by atoms with E-state index in [2.05, 4.69) is 25.0 Å².